The third-order valence-electron chi connectivity index (χ3n) is 6.54. The summed E-state index contributed by atoms with van der Waals surface area (Å²) in [7, 11) is 0. The molecule has 0 unspecified atom stereocenters. The van der Waals surface area contributed by atoms with E-state index in [1.807, 2.05) is 0 Å². The van der Waals surface area contributed by atoms with E-state index in [0.29, 0.717) is 5.92 Å². The molecular weight excluding hydrogens is 326 g/mol. The number of hydrogen-bond donors (Lipinski definition) is 0. The van der Waals surface area contributed by atoms with Gasteiger partial charge in [0.2, 0.25) is 0 Å². The maximum Gasteiger partial charge on any atom is 0.0655 e. The first-order valence-electron chi connectivity index (χ1n) is 12.8. The minimum absolute atomic E-state index is 0.333. The van der Waals surface area contributed by atoms with Crippen molar-refractivity contribution in [3.05, 3.63) is 0 Å². The van der Waals surface area contributed by atoms with E-state index in [1.165, 1.54) is 141 Å². The van der Waals surface area contributed by atoms with Gasteiger partial charge in [-0.05, 0) is 12.8 Å². The lowest BCUT2D eigenvalue weighted by Crippen LogP contribution is -1.97. The molecule has 1 aliphatic carbocycles. The molecule has 1 aliphatic rings. The fourth-order valence-electron chi connectivity index (χ4n) is 4.59. The number of hydrogen-bond acceptors (Lipinski definition) is 1. The van der Waals surface area contributed by atoms with Crippen LogP contribution < -0.4 is 0 Å². The Bertz CT molecular complexity index is 304. The predicted molar refractivity (Wildman–Crippen MR) is 120 cm³/mol. The molecule has 1 rings (SSSR count). The van der Waals surface area contributed by atoms with Gasteiger partial charge >= 0.3 is 0 Å². The van der Waals surface area contributed by atoms with Crippen LogP contribution in [0.4, 0.5) is 0 Å². The molecule has 27 heavy (non-hydrogen) atoms. The van der Waals surface area contributed by atoms with Crippen molar-refractivity contribution in [3.8, 4) is 6.07 Å². The van der Waals surface area contributed by atoms with Crippen LogP contribution in [0, 0.1) is 17.2 Å². The summed E-state index contributed by atoms with van der Waals surface area (Å²) in [6, 6.07) is 2.57. The molecule has 0 saturated heterocycles. The van der Waals surface area contributed by atoms with E-state index in [4.69, 9.17) is 0 Å². The van der Waals surface area contributed by atoms with Gasteiger partial charge in [-0.3, -0.25) is 0 Å². The topological polar surface area (TPSA) is 23.8 Å². The maximum absolute atomic E-state index is 9.37. The van der Waals surface area contributed by atoms with Gasteiger partial charge in [0.25, 0.3) is 0 Å². The number of nitrogens with zero attached hydrogens (tertiary/aromatic N) is 1. The lowest BCUT2D eigenvalue weighted by atomic mass is 9.95. The third-order valence-corrected chi connectivity index (χ3v) is 6.54. The van der Waals surface area contributed by atoms with Gasteiger partial charge in [-0.25, -0.2) is 0 Å². The summed E-state index contributed by atoms with van der Waals surface area (Å²) in [5, 5.41) is 9.37. The average molecular weight is 376 g/mol. The Morgan fingerprint density at radius 1 is 0.333 bits per heavy atom. The molecule has 1 nitrogen and oxygen atoms in total. The highest BCUT2D eigenvalue weighted by Gasteiger charge is 2.06. The molecule has 1 heteroatoms. The lowest BCUT2D eigenvalue weighted by Gasteiger charge is -2.09. The largest absolute Gasteiger partial charge is 0.198 e. The quantitative estimate of drug-likeness (QED) is 0.413. The van der Waals surface area contributed by atoms with Gasteiger partial charge < -0.3 is 0 Å². The van der Waals surface area contributed by atoms with Crippen LogP contribution in [-0.4, -0.2) is 0 Å². The Morgan fingerprint density at radius 2 is 0.519 bits per heavy atom. The first-order chi connectivity index (χ1) is 13.4. The Morgan fingerprint density at radius 3 is 0.704 bits per heavy atom. The van der Waals surface area contributed by atoms with E-state index < -0.39 is 0 Å². The Kier molecular flexibility index (Phi) is 18.4. The second kappa shape index (κ2) is 20.2. The first kappa shape index (κ1) is 24.5. The van der Waals surface area contributed by atoms with Crippen molar-refractivity contribution in [1.82, 2.24) is 0 Å². The van der Waals surface area contributed by atoms with Crippen molar-refractivity contribution in [3.63, 3.8) is 0 Å². The molecule has 1 fully saturated rings. The van der Waals surface area contributed by atoms with Crippen LogP contribution in [-0.2, 0) is 0 Å². The fourth-order valence-corrected chi connectivity index (χ4v) is 4.59. The molecule has 1 saturated carbocycles. The first-order valence-corrected chi connectivity index (χ1v) is 12.8. The van der Waals surface area contributed by atoms with Crippen LogP contribution in [0.2, 0.25) is 0 Å². The second-order valence-corrected chi connectivity index (χ2v) is 9.18. The third kappa shape index (κ3) is 17.3. The number of nitriles is 1. The molecular formula is C26H49N. The summed E-state index contributed by atoms with van der Waals surface area (Å²) in [5.74, 6) is 0.333. The van der Waals surface area contributed by atoms with Crippen LogP contribution in [0.25, 0.3) is 0 Å². The fraction of sp³-hybridized carbons (Fsp3) is 0.962. The molecule has 0 heterocycles. The highest BCUT2D eigenvalue weighted by molar-refractivity contribution is 4.82. The standard InChI is InChI=1S/C26H49N/c27-25-26-23-21-19-17-15-13-11-9-7-5-3-1-2-4-6-8-10-12-14-16-18-20-22-24-26/h26H,1-24H2. The monoisotopic (exact) mass is 375 g/mol. The van der Waals surface area contributed by atoms with E-state index in [9.17, 15) is 5.26 Å². The SMILES string of the molecule is N#CC1CCCCCCCCCCCCCCCCCCCCCCCC1. The highest BCUT2D eigenvalue weighted by atomic mass is 14.3. The van der Waals surface area contributed by atoms with Crippen LogP contribution in [0.3, 0.4) is 0 Å². The molecule has 0 atom stereocenters. The summed E-state index contributed by atoms with van der Waals surface area (Å²) >= 11 is 0. The summed E-state index contributed by atoms with van der Waals surface area (Å²) in [5.41, 5.74) is 0. The Hall–Kier alpha value is -0.510. The lowest BCUT2D eigenvalue weighted by molar-refractivity contribution is 0.468. The van der Waals surface area contributed by atoms with Crippen molar-refractivity contribution in [1.29, 1.82) is 5.26 Å². The van der Waals surface area contributed by atoms with Crippen molar-refractivity contribution in [2.45, 2.75) is 154 Å². The maximum atomic E-state index is 9.37. The van der Waals surface area contributed by atoms with Gasteiger partial charge in [0.15, 0.2) is 0 Å². The van der Waals surface area contributed by atoms with Gasteiger partial charge in [-0.2, -0.15) is 5.26 Å². The van der Waals surface area contributed by atoms with Gasteiger partial charge in [0.05, 0.1) is 6.07 Å². The van der Waals surface area contributed by atoms with Gasteiger partial charge in [0.1, 0.15) is 0 Å². The highest BCUT2D eigenvalue weighted by Crippen LogP contribution is 2.20. The molecule has 0 bridgehead atoms. The molecule has 0 radical (unpaired) electrons. The minimum atomic E-state index is 0.333. The Balaban J connectivity index is 2.13. The molecule has 158 valence electrons. The Labute approximate surface area is 171 Å². The summed E-state index contributed by atoms with van der Waals surface area (Å²) in [6.45, 7) is 0. The van der Waals surface area contributed by atoms with Crippen LogP contribution >= 0.6 is 0 Å². The van der Waals surface area contributed by atoms with Crippen LogP contribution in [0.5, 0.6) is 0 Å². The molecule has 0 aromatic heterocycles. The molecule has 0 aliphatic heterocycles. The van der Waals surface area contributed by atoms with E-state index in [1.54, 1.807) is 0 Å². The smallest absolute Gasteiger partial charge is 0.0655 e. The van der Waals surface area contributed by atoms with E-state index in [-0.39, 0.29) is 0 Å². The van der Waals surface area contributed by atoms with Crippen molar-refractivity contribution in [2.24, 2.45) is 5.92 Å². The summed E-state index contributed by atoms with van der Waals surface area (Å²) in [6.07, 6.45) is 33.6. The predicted octanol–water partition coefficient (Wildman–Crippen LogP) is 9.50. The summed E-state index contributed by atoms with van der Waals surface area (Å²) < 4.78 is 0. The van der Waals surface area contributed by atoms with Gasteiger partial charge in [-0.15, -0.1) is 0 Å². The summed E-state index contributed by atoms with van der Waals surface area (Å²) in [4.78, 5) is 0. The molecule has 0 spiro atoms. The average Bonchev–Trinajstić information content (AvgIpc) is 2.68. The van der Waals surface area contributed by atoms with Gasteiger partial charge in [0, 0.05) is 5.92 Å². The van der Waals surface area contributed by atoms with Gasteiger partial charge in [-0.1, -0.05) is 141 Å². The normalized spacial score (nSPS) is 23.5. The van der Waals surface area contributed by atoms with Crippen molar-refractivity contribution >= 4 is 0 Å². The van der Waals surface area contributed by atoms with E-state index >= 15 is 0 Å². The van der Waals surface area contributed by atoms with E-state index in [2.05, 4.69) is 6.07 Å². The van der Waals surface area contributed by atoms with Crippen LogP contribution in [0.15, 0.2) is 0 Å². The van der Waals surface area contributed by atoms with Crippen molar-refractivity contribution in [2.75, 3.05) is 0 Å². The zero-order chi connectivity index (χ0) is 19.3. The second-order valence-electron chi connectivity index (χ2n) is 9.18. The minimum Gasteiger partial charge on any atom is -0.198 e. The van der Waals surface area contributed by atoms with Crippen LogP contribution in [0.1, 0.15) is 154 Å². The number of rotatable bonds is 0. The zero-order valence-corrected chi connectivity index (χ0v) is 18.5. The zero-order valence-electron chi connectivity index (χ0n) is 18.5. The molecule has 0 aromatic carbocycles. The van der Waals surface area contributed by atoms with Crippen molar-refractivity contribution < 1.29 is 0 Å². The molecule has 0 amide bonds. The molecule has 0 aromatic rings. The molecule has 0 N–H and O–H groups in total. The van der Waals surface area contributed by atoms with E-state index in [0.717, 1.165) is 12.8 Å².